The maximum absolute atomic E-state index is 12.7. The molecule has 3 rings (SSSR count). The van der Waals surface area contributed by atoms with Gasteiger partial charge >= 0.3 is 0 Å². The first-order valence-electron chi connectivity index (χ1n) is 8.90. The molecule has 1 aliphatic rings. The van der Waals surface area contributed by atoms with Crippen molar-refractivity contribution >= 4 is 34.6 Å². The van der Waals surface area contributed by atoms with E-state index in [0.717, 1.165) is 16.6 Å². The Morgan fingerprint density at radius 2 is 2.00 bits per heavy atom. The Hall–Kier alpha value is -2.06. The second-order valence-electron chi connectivity index (χ2n) is 6.57. The molecule has 0 saturated carbocycles. The Morgan fingerprint density at radius 1 is 1.27 bits per heavy atom. The lowest BCUT2D eigenvalue weighted by molar-refractivity contribution is -0.142. The summed E-state index contributed by atoms with van der Waals surface area (Å²) < 4.78 is 13.6. The minimum atomic E-state index is -0.0270. The molecule has 2 aromatic rings. The van der Waals surface area contributed by atoms with Gasteiger partial charge in [0.1, 0.15) is 17.6 Å². The normalized spacial score (nSPS) is 15.4. The second-order valence-corrected chi connectivity index (χ2v) is 7.10. The fourth-order valence-corrected chi connectivity index (χ4v) is 3.76. The summed E-state index contributed by atoms with van der Waals surface area (Å²) >= 11 is 1.20. The molecule has 1 aliphatic heterocycles. The van der Waals surface area contributed by atoms with Crippen LogP contribution in [0.3, 0.4) is 0 Å². The quantitative estimate of drug-likeness (QED) is 0.770. The van der Waals surface area contributed by atoms with E-state index >= 15 is 0 Å². The predicted octanol–water partition coefficient (Wildman–Crippen LogP) is 1.92. The molecule has 0 atom stereocenters. The first-order valence-corrected chi connectivity index (χ1v) is 9.63. The molecule has 2 amide bonds. The third-order valence-electron chi connectivity index (χ3n) is 4.74. The minimum absolute atomic E-state index is 0.0104. The zero-order valence-electron chi connectivity index (χ0n) is 15.2. The van der Waals surface area contributed by atoms with Gasteiger partial charge in [-0.25, -0.2) is 0 Å². The van der Waals surface area contributed by atoms with E-state index in [-0.39, 0.29) is 24.3 Å². The van der Waals surface area contributed by atoms with Crippen LogP contribution in [-0.4, -0.2) is 63.7 Å². The SMILES string of the molecule is CCOCC(=O)N1CCC(C(=O)N(C)Cc2ccc3nsnc3c2)CC1. The van der Waals surface area contributed by atoms with Gasteiger partial charge in [-0.3, -0.25) is 9.59 Å². The van der Waals surface area contributed by atoms with Crippen molar-refractivity contribution in [3.8, 4) is 0 Å². The number of ether oxygens (including phenoxy) is 1. The Kier molecular flexibility index (Phi) is 6.16. The van der Waals surface area contributed by atoms with Crippen LogP contribution in [0.1, 0.15) is 25.3 Å². The van der Waals surface area contributed by atoms with Crippen LogP contribution in [0.15, 0.2) is 18.2 Å². The molecule has 2 heterocycles. The molecule has 1 saturated heterocycles. The summed E-state index contributed by atoms with van der Waals surface area (Å²) in [4.78, 5) is 28.3. The highest BCUT2D eigenvalue weighted by atomic mass is 32.1. The van der Waals surface area contributed by atoms with Gasteiger partial charge in [-0.15, -0.1) is 0 Å². The molecule has 0 radical (unpaired) electrons. The number of hydrogen-bond donors (Lipinski definition) is 0. The van der Waals surface area contributed by atoms with Gasteiger partial charge in [0.15, 0.2) is 0 Å². The number of aromatic nitrogens is 2. The third kappa shape index (κ3) is 4.37. The summed E-state index contributed by atoms with van der Waals surface area (Å²) in [5.41, 5.74) is 2.80. The lowest BCUT2D eigenvalue weighted by atomic mass is 9.95. The van der Waals surface area contributed by atoms with Gasteiger partial charge in [0.25, 0.3) is 0 Å². The number of rotatable bonds is 6. The van der Waals surface area contributed by atoms with Crippen LogP contribution in [0, 0.1) is 5.92 Å². The summed E-state index contributed by atoms with van der Waals surface area (Å²) in [6.45, 7) is 4.32. The zero-order valence-corrected chi connectivity index (χ0v) is 16.0. The first kappa shape index (κ1) is 18.7. The largest absolute Gasteiger partial charge is 0.372 e. The van der Waals surface area contributed by atoms with E-state index in [2.05, 4.69) is 8.75 Å². The molecule has 0 bridgehead atoms. The number of fused-ring (bicyclic) bond motifs is 1. The number of likely N-dealkylation sites (tertiary alicyclic amines) is 1. The molecule has 0 aliphatic carbocycles. The van der Waals surface area contributed by atoms with Gasteiger partial charge in [-0.1, -0.05) is 6.07 Å². The lowest BCUT2D eigenvalue weighted by Crippen LogP contribution is -2.44. The average Bonchev–Trinajstić information content (AvgIpc) is 3.13. The molecule has 8 heteroatoms. The van der Waals surface area contributed by atoms with E-state index < -0.39 is 0 Å². The number of carbonyl (C=O) groups excluding carboxylic acids is 2. The van der Waals surface area contributed by atoms with E-state index in [0.29, 0.717) is 39.1 Å². The maximum Gasteiger partial charge on any atom is 0.248 e. The third-order valence-corrected chi connectivity index (χ3v) is 5.30. The summed E-state index contributed by atoms with van der Waals surface area (Å²) in [5.74, 6) is 0.121. The predicted molar refractivity (Wildman–Crippen MR) is 99.7 cm³/mol. The summed E-state index contributed by atoms with van der Waals surface area (Å²) in [6, 6.07) is 5.91. The molecule has 1 aromatic carbocycles. The number of nitrogens with zero attached hydrogens (tertiary/aromatic N) is 4. The summed E-state index contributed by atoms with van der Waals surface area (Å²) in [7, 11) is 1.83. The number of amides is 2. The average molecular weight is 376 g/mol. The minimum Gasteiger partial charge on any atom is -0.372 e. The summed E-state index contributed by atoms with van der Waals surface area (Å²) in [5, 5.41) is 0. The molecule has 26 heavy (non-hydrogen) atoms. The molecule has 1 aromatic heterocycles. The fourth-order valence-electron chi connectivity index (χ4n) is 3.25. The van der Waals surface area contributed by atoms with Crippen LogP contribution in [0.5, 0.6) is 0 Å². The summed E-state index contributed by atoms with van der Waals surface area (Å²) in [6.07, 6.45) is 1.41. The standard InChI is InChI=1S/C18H24N4O3S/c1-3-25-12-17(23)22-8-6-14(7-9-22)18(24)21(2)11-13-4-5-15-16(10-13)20-26-19-15/h4-5,10,14H,3,6-9,11-12H2,1-2H3. The maximum atomic E-state index is 12.7. The van der Waals surface area contributed by atoms with Crippen molar-refractivity contribution in [2.24, 2.45) is 5.92 Å². The van der Waals surface area contributed by atoms with Crippen LogP contribution < -0.4 is 0 Å². The van der Waals surface area contributed by atoms with Crippen LogP contribution in [-0.2, 0) is 20.9 Å². The van der Waals surface area contributed by atoms with Crippen molar-refractivity contribution in [3.63, 3.8) is 0 Å². The Balaban J connectivity index is 1.52. The van der Waals surface area contributed by atoms with Gasteiger partial charge in [-0.05, 0) is 37.5 Å². The van der Waals surface area contributed by atoms with Gasteiger partial charge < -0.3 is 14.5 Å². The van der Waals surface area contributed by atoms with Gasteiger partial charge in [0.2, 0.25) is 11.8 Å². The molecule has 0 unspecified atom stereocenters. The van der Waals surface area contributed by atoms with E-state index in [1.54, 1.807) is 9.80 Å². The van der Waals surface area contributed by atoms with Crippen LogP contribution in [0.25, 0.3) is 11.0 Å². The zero-order chi connectivity index (χ0) is 18.5. The smallest absolute Gasteiger partial charge is 0.248 e. The topological polar surface area (TPSA) is 75.6 Å². The van der Waals surface area contributed by atoms with E-state index in [4.69, 9.17) is 4.74 Å². The van der Waals surface area contributed by atoms with Crippen LogP contribution in [0.4, 0.5) is 0 Å². The molecule has 7 nitrogen and oxygen atoms in total. The number of carbonyl (C=O) groups is 2. The van der Waals surface area contributed by atoms with Crippen molar-refractivity contribution in [1.82, 2.24) is 18.5 Å². The van der Waals surface area contributed by atoms with Crippen molar-refractivity contribution < 1.29 is 14.3 Å². The van der Waals surface area contributed by atoms with Crippen LogP contribution >= 0.6 is 11.7 Å². The second kappa shape index (κ2) is 8.55. The van der Waals surface area contributed by atoms with Crippen LogP contribution in [0.2, 0.25) is 0 Å². The monoisotopic (exact) mass is 376 g/mol. The Bertz CT molecular complexity index is 771. The first-order chi connectivity index (χ1) is 12.6. The number of hydrogen-bond acceptors (Lipinski definition) is 6. The van der Waals surface area contributed by atoms with E-state index in [1.807, 2.05) is 32.2 Å². The van der Waals surface area contributed by atoms with E-state index in [9.17, 15) is 9.59 Å². The van der Waals surface area contributed by atoms with Gasteiger partial charge in [0.05, 0.1) is 11.7 Å². The molecule has 0 N–H and O–H groups in total. The van der Waals surface area contributed by atoms with Crippen molar-refractivity contribution in [2.45, 2.75) is 26.3 Å². The van der Waals surface area contributed by atoms with Gasteiger partial charge in [-0.2, -0.15) is 8.75 Å². The van der Waals surface area contributed by atoms with E-state index in [1.165, 1.54) is 11.7 Å². The molecule has 0 spiro atoms. The van der Waals surface area contributed by atoms with Crippen molar-refractivity contribution in [1.29, 1.82) is 0 Å². The lowest BCUT2D eigenvalue weighted by Gasteiger charge is -2.33. The molecule has 140 valence electrons. The number of piperidine rings is 1. The van der Waals surface area contributed by atoms with Gasteiger partial charge in [0, 0.05) is 39.2 Å². The van der Waals surface area contributed by atoms with Crippen molar-refractivity contribution in [3.05, 3.63) is 23.8 Å². The highest BCUT2D eigenvalue weighted by Gasteiger charge is 2.29. The number of benzene rings is 1. The Morgan fingerprint density at radius 3 is 2.73 bits per heavy atom. The molecular weight excluding hydrogens is 352 g/mol. The fraction of sp³-hybridized carbons (Fsp3) is 0.556. The van der Waals surface area contributed by atoms with Crippen molar-refractivity contribution in [2.75, 3.05) is 33.4 Å². The molecular formula is C18H24N4O3S. The highest BCUT2D eigenvalue weighted by molar-refractivity contribution is 7.00. The molecule has 1 fully saturated rings. The highest BCUT2D eigenvalue weighted by Crippen LogP contribution is 2.21. The Labute approximate surface area is 157 Å².